The molecule has 0 radical (unpaired) electrons. The van der Waals surface area contributed by atoms with Gasteiger partial charge in [0.2, 0.25) is 0 Å². The van der Waals surface area contributed by atoms with Gasteiger partial charge in [-0.3, -0.25) is 0 Å². The van der Waals surface area contributed by atoms with Crippen LogP contribution in [-0.4, -0.2) is 185 Å². The van der Waals surface area contributed by atoms with E-state index in [2.05, 4.69) is 0 Å². The minimum Gasteiger partial charge on any atom is -0.378 e. The Bertz CT molecular complexity index is 468. The molecule has 0 aliphatic rings. The average Bonchev–Trinajstić information content (AvgIpc) is 3.05. The quantitative estimate of drug-likeness (QED) is 0.0702. The second kappa shape index (κ2) is 37.7. The number of hydrogen-bond acceptors (Lipinski definition) is 12. The molecule has 0 unspecified atom stereocenters. The third-order valence-electron chi connectivity index (χ3n) is 5.50. The Morgan fingerprint density at radius 3 is 0.556 bits per heavy atom. The summed E-state index contributed by atoms with van der Waals surface area (Å²) in [4.78, 5) is 0. The maximum Gasteiger partial charge on any atom is 0.113 e. The lowest BCUT2D eigenvalue weighted by Crippen LogP contribution is -2.43. The first-order valence-electron chi connectivity index (χ1n) is 15.4. The van der Waals surface area contributed by atoms with Crippen molar-refractivity contribution in [2.45, 2.75) is 0 Å². The number of halogens is 4. The monoisotopic (exact) mass is 672 g/mol. The van der Waals surface area contributed by atoms with Crippen LogP contribution < -0.4 is 0 Å². The van der Waals surface area contributed by atoms with Gasteiger partial charge in [-0.25, -0.2) is 17.6 Å². The Morgan fingerprint density at radius 2 is 0.378 bits per heavy atom. The fraction of sp³-hybridized carbons (Fsp3) is 1.00. The average molecular weight is 673 g/mol. The Morgan fingerprint density at radius 1 is 0.222 bits per heavy atom. The van der Waals surface area contributed by atoms with Crippen LogP contribution in [0.15, 0.2) is 0 Å². The largest absolute Gasteiger partial charge is 0.378 e. The lowest BCUT2D eigenvalue weighted by molar-refractivity contribution is -0.123. The fourth-order valence-corrected chi connectivity index (χ4v) is 3.38. The molecule has 0 N–H and O–H groups in total. The zero-order valence-corrected chi connectivity index (χ0v) is 26.7. The summed E-state index contributed by atoms with van der Waals surface area (Å²) in [5, 5.41) is 0. The van der Waals surface area contributed by atoms with Crippen LogP contribution in [0.3, 0.4) is 0 Å². The van der Waals surface area contributed by atoms with Gasteiger partial charge < -0.3 is 56.8 Å². The van der Waals surface area contributed by atoms with E-state index >= 15 is 0 Å². The molecule has 0 rings (SSSR count). The molecule has 0 amide bonds. The molecule has 16 heteroatoms. The van der Waals surface area contributed by atoms with E-state index in [1.54, 1.807) is 0 Å². The minimum absolute atomic E-state index is 0.0380. The Kier molecular flexibility index (Phi) is 37.1. The molecule has 0 spiro atoms. The standard InChI is InChI=1S/C29H56F4O12/c30-1-5-34-9-13-38-17-21-42-25-29(26-43-22-18-39-14-10-35-6-2-31,27-44-23-19-40-15-11-36-7-3-32)28-45-24-20-41-16-12-37-8-4-33/h1-28H2. The first kappa shape index (κ1) is 44.2. The lowest BCUT2D eigenvalue weighted by atomic mass is 9.92. The van der Waals surface area contributed by atoms with Crippen LogP contribution in [0.1, 0.15) is 0 Å². The highest BCUT2D eigenvalue weighted by atomic mass is 19.1. The van der Waals surface area contributed by atoms with Crippen LogP contribution in [0.25, 0.3) is 0 Å². The fourth-order valence-electron chi connectivity index (χ4n) is 3.38. The number of rotatable bonds is 40. The summed E-state index contributed by atoms with van der Waals surface area (Å²) < 4.78 is 114. The summed E-state index contributed by atoms with van der Waals surface area (Å²) in [5.41, 5.74) is -0.705. The molecule has 0 heterocycles. The second-order valence-electron chi connectivity index (χ2n) is 9.37. The molecule has 272 valence electrons. The van der Waals surface area contributed by atoms with Gasteiger partial charge >= 0.3 is 0 Å². The summed E-state index contributed by atoms with van der Waals surface area (Å²) in [6.45, 7) is 3.74. The highest BCUT2D eigenvalue weighted by Crippen LogP contribution is 2.21. The topological polar surface area (TPSA) is 111 Å². The Labute approximate surface area is 265 Å². The highest BCUT2D eigenvalue weighted by Gasteiger charge is 2.32. The first-order chi connectivity index (χ1) is 22.2. The van der Waals surface area contributed by atoms with Crippen molar-refractivity contribution < 1.29 is 74.4 Å². The molecule has 0 bridgehead atoms. The zero-order chi connectivity index (χ0) is 32.8. The highest BCUT2D eigenvalue weighted by molar-refractivity contribution is 4.79. The summed E-state index contributed by atoms with van der Waals surface area (Å²) in [6.07, 6.45) is 0. The predicted molar refractivity (Wildman–Crippen MR) is 156 cm³/mol. The van der Waals surface area contributed by atoms with Gasteiger partial charge in [0.25, 0.3) is 0 Å². The summed E-state index contributed by atoms with van der Waals surface area (Å²) >= 11 is 0. The number of ether oxygens (including phenoxy) is 12. The third-order valence-corrected chi connectivity index (χ3v) is 5.50. The summed E-state index contributed by atoms with van der Waals surface area (Å²) in [5.74, 6) is 0. The lowest BCUT2D eigenvalue weighted by Gasteiger charge is -2.33. The number of hydrogen-bond donors (Lipinski definition) is 0. The van der Waals surface area contributed by atoms with Crippen molar-refractivity contribution in [2.24, 2.45) is 5.41 Å². The van der Waals surface area contributed by atoms with Gasteiger partial charge in [0.05, 0.1) is 164 Å². The molecule has 0 aliphatic heterocycles. The summed E-state index contributed by atoms with van der Waals surface area (Å²) in [7, 11) is 0. The number of alkyl halides is 4. The van der Waals surface area contributed by atoms with E-state index in [4.69, 9.17) is 56.8 Å². The van der Waals surface area contributed by atoms with E-state index in [1.165, 1.54) is 0 Å². The van der Waals surface area contributed by atoms with E-state index in [9.17, 15) is 17.6 Å². The Balaban J connectivity index is 4.84. The zero-order valence-electron chi connectivity index (χ0n) is 26.7. The molecule has 0 aromatic carbocycles. The SMILES string of the molecule is FCCOCCOCCOCC(COCCOCCOCCF)(COCCOCCOCCF)COCCOCCOCCF. The molecule has 0 aliphatic carbocycles. The van der Waals surface area contributed by atoms with Crippen molar-refractivity contribution >= 4 is 0 Å². The Hall–Kier alpha value is -0.760. The van der Waals surface area contributed by atoms with E-state index in [1.807, 2.05) is 0 Å². The molecule has 0 fully saturated rings. The van der Waals surface area contributed by atoms with Gasteiger partial charge in [0.15, 0.2) is 0 Å². The van der Waals surface area contributed by atoms with E-state index in [0.29, 0.717) is 79.3 Å². The van der Waals surface area contributed by atoms with Crippen LogP contribution in [0.5, 0.6) is 0 Å². The van der Waals surface area contributed by atoms with Crippen LogP contribution in [0.4, 0.5) is 17.6 Å². The molecule has 0 saturated carbocycles. The first-order valence-corrected chi connectivity index (χ1v) is 15.4. The molecule has 0 saturated heterocycles. The maximum absolute atomic E-state index is 12.1. The van der Waals surface area contributed by atoms with Gasteiger partial charge in [0, 0.05) is 0 Å². The summed E-state index contributed by atoms with van der Waals surface area (Å²) in [6, 6.07) is 0. The van der Waals surface area contributed by atoms with Gasteiger partial charge in [-0.05, 0) is 0 Å². The maximum atomic E-state index is 12.1. The van der Waals surface area contributed by atoms with Crippen LogP contribution in [-0.2, 0) is 56.8 Å². The van der Waals surface area contributed by atoms with E-state index < -0.39 is 32.1 Å². The molecule has 0 aromatic rings. The third kappa shape index (κ3) is 33.0. The molecule has 45 heavy (non-hydrogen) atoms. The van der Waals surface area contributed by atoms with Gasteiger partial charge in [-0.2, -0.15) is 0 Å². The molecule has 0 aromatic heterocycles. The van der Waals surface area contributed by atoms with E-state index in [0.717, 1.165) is 0 Å². The van der Waals surface area contributed by atoms with Crippen LogP contribution >= 0.6 is 0 Å². The van der Waals surface area contributed by atoms with Crippen molar-refractivity contribution in [2.75, 3.05) is 185 Å². The molecular weight excluding hydrogens is 616 g/mol. The van der Waals surface area contributed by atoms with Crippen LogP contribution in [0, 0.1) is 5.41 Å². The van der Waals surface area contributed by atoms with Crippen LogP contribution in [0.2, 0.25) is 0 Å². The molecule has 12 nitrogen and oxygen atoms in total. The van der Waals surface area contributed by atoms with E-state index in [-0.39, 0.29) is 79.3 Å². The molecule has 0 atom stereocenters. The minimum atomic E-state index is -0.705. The predicted octanol–water partition coefficient (Wildman–Crippen LogP) is 2.05. The van der Waals surface area contributed by atoms with Crippen molar-refractivity contribution in [1.82, 2.24) is 0 Å². The second-order valence-corrected chi connectivity index (χ2v) is 9.37. The molecular formula is C29H56F4O12. The smallest absolute Gasteiger partial charge is 0.113 e. The van der Waals surface area contributed by atoms with Gasteiger partial charge in [0.1, 0.15) is 26.7 Å². The van der Waals surface area contributed by atoms with Crippen molar-refractivity contribution in [3.8, 4) is 0 Å². The van der Waals surface area contributed by atoms with Gasteiger partial charge in [-0.1, -0.05) is 0 Å². The van der Waals surface area contributed by atoms with Gasteiger partial charge in [-0.15, -0.1) is 0 Å². The van der Waals surface area contributed by atoms with Crippen molar-refractivity contribution in [1.29, 1.82) is 0 Å². The van der Waals surface area contributed by atoms with Crippen molar-refractivity contribution in [3.63, 3.8) is 0 Å². The normalized spacial score (nSPS) is 12.0. The van der Waals surface area contributed by atoms with Crippen molar-refractivity contribution in [3.05, 3.63) is 0 Å².